The van der Waals surface area contributed by atoms with Crippen molar-refractivity contribution in [1.29, 1.82) is 0 Å². The van der Waals surface area contributed by atoms with E-state index in [0.717, 1.165) is 25.3 Å². The van der Waals surface area contributed by atoms with Gasteiger partial charge >= 0.3 is 0 Å². The zero-order valence-electron chi connectivity index (χ0n) is 17.8. The molecule has 0 bridgehead atoms. The van der Waals surface area contributed by atoms with E-state index >= 15 is 0 Å². The highest BCUT2D eigenvalue weighted by Gasteiger charge is 2.22. The summed E-state index contributed by atoms with van der Waals surface area (Å²) in [7, 11) is 4.01. The van der Waals surface area contributed by atoms with Gasteiger partial charge in [-0.15, -0.1) is 11.3 Å². The van der Waals surface area contributed by atoms with Gasteiger partial charge in [0, 0.05) is 24.6 Å². The zero-order valence-corrected chi connectivity index (χ0v) is 20.3. The minimum absolute atomic E-state index is 0.0126. The Bertz CT molecular complexity index is 1560. The van der Waals surface area contributed by atoms with Gasteiger partial charge in [-0.1, -0.05) is 35.2 Å². The van der Waals surface area contributed by atoms with Gasteiger partial charge in [0.15, 0.2) is 0 Å². The Morgan fingerprint density at radius 1 is 1.12 bits per heavy atom. The molecule has 0 fully saturated rings. The quantitative estimate of drug-likeness (QED) is 0.416. The van der Waals surface area contributed by atoms with Crippen LogP contribution in [0.25, 0.3) is 22.4 Å². The number of aromatic nitrogens is 2. The lowest BCUT2D eigenvalue weighted by atomic mass is 10.3. The minimum Gasteiger partial charge on any atom is -0.338 e. The number of thioether (sulfide) groups is 1. The second kappa shape index (κ2) is 8.35. The predicted octanol–water partition coefficient (Wildman–Crippen LogP) is 3.80. The third kappa shape index (κ3) is 3.62. The highest BCUT2D eigenvalue weighted by atomic mass is 32.2. The van der Waals surface area contributed by atoms with Crippen molar-refractivity contribution in [3.8, 4) is 0 Å². The van der Waals surface area contributed by atoms with Crippen molar-refractivity contribution in [2.45, 2.75) is 18.4 Å². The average Bonchev–Trinajstić information content (AvgIpc) is 3.38. The smallest absolute Gasteiger partial charge is 0.269 e. The summed E-state index contributed by atoms with van der Waals surface area (Å²) in [4.78, 5) is 15.9. The van der Waals surface area contributed by atoms with E-state index < -0.39 is 0 Å². The van der Waals surface area contributed by atoms with Crippen LogP contribution in [0.3, 0.4) is 0 Å². The lowest BCUT2D eigenvalue weighted by molar-refractivity contribution is -0.642. The standard InChI is InChI=1S/C24H21FN3OS3/c1-4-28-23(14-22-27(3)16-7-5-6-8-18(16)30-22)31-19(24(28)29)11-12-21-26(2)17-10-9-15(25)13-20(17)32-21/h5-14H,4H2,1-3H3/q+1/b19-11-,21-12-. The fourth-order valence-electron chi connectivity index (χ4n) is 3.75. The summed E-state index contributed by atoms with van der Waals surface area (Å²) in [5.74, 6) is -0.242. The highest BCUT2D eigenvalue weighted by Crippen LogP contribution is 2.45. The lowest BCUT2D eigenvalue weighted by Crippen LogP contribution is -2.32. The van der Waals surface area contributed by atoms with Crippen molar-refractivity contribution in [3.63, 3.8) is 0 Å². The molecule has 0 aliphatic carbocycles. The molecule has 1 aliphatic heterocycles. The Balaban J connectivity index is 1.58. The summed E-state index contributed by atoms with van der Waals surface area (Å²) in [5, 5.41) is 2.06. The third-order valence-electron chi connectivity index (χ3n) is 5.48. The van der Waals surface area contributed by atoms with Crippen LogP contribution in [0.5, 0.6) is 0 Å². The van der Waals surface area contributed by atoms with Gasteiger partial charge in [-0.25, -0.2) is 4.39 Å². The van der Waals surface area contributed by atoms with Crippen LogP contribution in [-0.2, 0) is 13.6 Å². The molecule has 0 saturated carbocycles. The number of para-hydroxylation sites is 1. The summed E-state index contributed by atoms with van der Waals surface area (Å²) in [6.45, 7) is 2.60. The van der Waals surface area contributed by atoms with Crippen LogP contribution in [0.15, 0.2) is 63.3 Å². The zero-order chi connectivity index (χ0) is 22.4. The number of hydrogen-bond acceptors (Lipinski definition) is 5. The molecule has 5 rings (SSSR count). The van der Waals surface area contributed by atoms with Gasteiger partial charge in [0.25, 0.3) is 10.6 Å². The third-order valence-corrected chi connectivity index (χ3v) is 8.89. The molecule has 32 heavy (non-hydrogen) atoms. The van der Waals surface area contributed by atoms with Gasteiger partial charge in [0.2, 0.25) is 5.52 Å². The molecule has 0 unspecified atom stereocenters. The fraction of sp³-hybridized carbons (Fsp3) is 0.167. The number of benzene rings is 2. The molecular weight excluding hydrogens is 461 g/mol. The van der Waals surface area contributed by atoms with Crippen LogP contribution >= 0.6 is 34.4 Å². The van der Waals surface area contributed by atoms with E-state index in [1.54, 1.807) is 23.5 Å². The van der Waals surface area contributed by atoms with E-state index in [1.807, 2.05) is 47.7 Å². The molecule has 4 nitrogen and oxygen atoms in total. The molecule has 0 N–H and O–H groups in total. The molecule has 0 spiro atoms. The van der Waals surface area contributed by atoms with Gasteiger partial charge in [-0.3, -0.25) is 9.36 Å². The maximum absolute atomic E-state index is 13.6. The number of nitrogens with zero attached hydrogens (tertiary/aromatic N) is 3. The molecule has 3 heterocycles. The first-order chi connectivity index (χ1) is 15.5. The number of anilines is 1. The second-order valence-electron chi connectivity index (χ2n) is 7.41. The monoisotopic (exact) mass is 482 g/mol. The maximum Gasteiger partial charge on any atom is 0.269 e. The Morgan fingerprint density at radius 3 is 2.72 bits per heavy atom. The molecule has 0 amide bonds. The molecule has 162 valence electrons. The lowest BCUT2D eigenvalue weighted by Gasteiger charge is -2.12. The molecule has 8 heteroatoms. The number of rotatable bonds is 3. The van der Waals surface area contributed by atoms with E-state index in [9.17, 15) is 9.18 Å². The van der Waals surface area contributed by atoms with Crippen molar-refractivity contribution >= 4 is 62.5 Å². The number of aryl methyl sites for hydroxylation is 1. The first-order valence-corrected chi connectivity index (χ1v) is 12.6. The number of allylic oxidation sites excluding steroid dienone is 1. The number of fused-ring (bicyclic) bond motifs is 2. The molecule has 0 radical (unpaired) electrons. The summed E-state index contributed by atoms with van der Waals surface area (Å²) < 4.78 is 20.4. The average molecular weight is 483 g/mol. The van der Waals surface area contributed by atoms with Gasteiger partial charge < -0.3 is 4.90 Å². The molecule has 2 aromatic heterocycles. The number of hydrogen-bond donors (Lipinski definition) is 0. The first kappa shape index (κ1) is 21.2. The van der Waals surface area contributed by atoms with Crippen molar-refractivity contribution in [3.05, 3.63) is 83.9 Å². The number of thiazole rings is 2. The Morgan fingerprint density at radius 2 is 1.94 bits per heavy atom. The van der Waals surface area contributed by atoms with E-state index in [4.69, 9.17) is 0 Å². The Kier molecular flexibility index (Phi) is 5.53. The van der Waals surface area contributed by atoms with Crippen LogP contribution in [0.1, 0.15) is 11.9 Å². The van der Waals surface area contributed by atoms with Crippen molar-refractivity contribution in [2.75, 3.05) is 11.9 Å². The molecule has 0 atom stereocenters. The van der Waals surface area contributed by atoms with E-state index in [1.165, 1.54) is 39.4 Å². The normalized spacial score (nSPS) is 16.0. The summed E-state index contributed by atoms with van der Waals surface area (Å²) in [6.07, 6.45) is 5.92. The molecule has 1 aliphatic rings. The van der Waals surface area contributed by atoms with Gasteiger partial charge in [-0.05, 0) is 43.3 Å². The van der Waals surface area contributed by atoms with Gasteiger partial charge in [0.1, 0.15) is 22.2 Å². The van der Waals surface area contributed by atoms with E-state index in [-0.39, 0.29) is 11.4 Å². The Hall–Kier alpha value is -2.68. The van der Waals surface area contributed by atoms with Crippen molar-refractivity contribution in [2.24, 2.45) is 7.05 Å². The summed E-state index contributed by atoms with van der Waals surface area (Å²) >= 11 is 4.72. The van der Waals surface area contributed by atoms with E-state index in [2.05, 4.69) is 29.8 Å². The molecular formula is C24H21FN3OS3+. The number of halogens is 1. The second-order valence-corrected chi connectivity index (χ2v) is 10.6. The van der Waals surface area contributed by atoms with Crippen LogP contribution in [0.2, 0.25) is 0 Å². The molecule has 2 aromatic carbocycles. The molecule has 0 saturated heterocycles. The van der Waals surface area contributed by atoms with Crippen LogP contribution in [0, 0.1) is 5.82 Å². The molecule has 4 aromatic rings. The summed E-state index contributed by atoms with van der Waals surface area (Å²) in [5.41, 5.74) is 2.16. The van der Waals surface area contributed by atoms with E-state index in [0.29, 0.717) is 11.1 Å². The maximum atomic E-state index is 13.6. The predicted molar refractivity (Wildman–Crippen MR) is 133 cm³/mol. The largest absolute Gasteiger partial charge is 0.338 e. The topological polar surface area (TPSA) is 29.1 Å². The van der Waals surface area contributed by atoms with Gasteiger partial charge in [-0.2, -0.15) is 4.57 Å². The summed E-state index contributed by atoms with van der Waals surface area (Å²) in [6, 6.07) is 13.1. The SMILES string of the molecule is CCn1c(=O)/c(=C/C=C2\Sc3cc(F)ccc3N2C)s/c1=C\c1sc2ccccc2[n+]1C. The van der Waals surface area contributed by atoms with Crippen molar-refractivity contribution in [1.82, 2.24) is 4.57 Å². The van der Waals surface area contributed by atoms with Crippen molar-refractivity contribution < 1.29 is 8.96 Å². The fourth-order valence-corrected chi connectivity index (χ4v) is 7.04. The van der Waals surface area contributed by atoms with Crippen LogP contribution in [-0.4, -0.2) is 11.6 Å². The minimum atomic E-state index is -0.242. The van der Waals surface area contributed by atoms with Gasteiger partial charge in [0.05, 0.1) is 21.3 Å². The van der Waals surface area contributed by atoms with Crippen LogP contribution in [0.4, 0.5) is 10.1 Å². The first-order valence-electron chi connectivity index (χ1n) is 10.2. The highest BCUT2D eigenvalue weighted by molar-refractivity contribution is 8.03. The Labute approximate surface area is 196 Å². The van der Waals surface area contributed by atoms with Crippen LogP contribution < -0.4 is 24.2 Å².